The van der Waals surface area contributed by atoms with E-state index in [9.17, 15) is 9.59 Å². The molecule has 0 aromatic heterocycles. The molecule has 4 rings (SSSR count). The molecule has 0 N–H and O–H groups in total. The van der Waals surface area contributed by atoms with Gasteiger partial charge >= 0.3 is 0 Å². The van der Waals surface area contributed by atoms with Crippen molar-refractivity contribution in [3.05, 3.63) is 82.6 Å². The minimum atomic E-state index is -0.253. The fraction of sp³-hybridized carbons (Fsp3) is 0.185. The fourth-order valence-corrected chi connectivity index (χ4v) is 3.80. The number of ketones is 2. The molecule has 0 spiro atoms. The lowest BCUT2D eigenvalue weighted by molar-refractivity contribution is 0.0920. The lowest BCUT2D eigenvalue weighted by atomic mass is 10.0. The van der Waals surface area contributed by atoms with Crippen molar-refractivity contribution in [1.82, 2.24) is 0 Å². The Morgan fingerprint density at radius 1 is 0.941 bits per heavy atom. The number of hydrogen-bond acceptors (Lipinski definition) is 7. The zero-order valence-electron chi connectivity index (χ0n) is 19.3. The van der Waals surface area contributed by atoms with Crippen LogP contribution in [-0.2, 0) is 0 Å². The molecule has 34 heavy (non-hydrogen) atoms. The standard InChI is InChI=1S/C27H24O7/c1-16-12-19(33-15-20(28)17-8-6-5-7-9-17)14-22-24(16)25(29)23(34-22)13-18-10-11-21(30-2)27(32-4)26(18)31-3/h5-14H,15H2,1-4H3/b23-13-. The number of methoxy groups -OCH3 is 3. The van der Waals surface area contributed by atoms with Crippen molar-refractivity contribution in [3.8, 4) is 28.7 Å². The summed E-state index contributed by atoms with van der Waals surface area (Å²) in [5.41, 5.74) is 2.31. The lowest BCUT2D eigenvalue weighted by Crippen LogP contribution is -2.11. The summed E-state index contributed by atoms with van der Waals surface area (Å²) in [6, 6.07) is 15.7. The summed E-state index contributed by atoms with van der Waals surface area (Å²) in [4.78, 5) is 25.4. The van der Waals surface area contributed by atoms with E-state index in [1.54, 1.807) is 61.5 Å². The number of carbonyl (C=O) groups is 2. The number of benzene rings is 3. The number of fused-ring (bicyclic) bond motifs is 1. The van der Waals surface area contributed by atoms with Crippen molar-refractivity contribution < 1.29 is 33.3 Å². The Labute approximate surface area is 197 Å². The highest BCUT2D eigenvalue weighted by molar-refractivity contribution is 6.15. The maximum atomic E-state index is 13.1. The van der Waals surface area contributed by atoms with Gasteiger partial charge in [0.05, 0.1) is 26.9 Å². The molecule has 7 nitrogen and oxygen atoms in total. The second-order valence-electron chi connectivity index (χ2n) is 7.55. The zero-order chi connectivity index (χ0) is 24.2. The van der Waals surface area contributed by atoms with Crippen LogP contribution in [0.2, 0.25) is 0 Å². The lowest BCUT2D eigenvalue weighted by Gasteiger charge is -2.14. The van der Waals surface area contributed by atoms with Crippen molar-refractivity contribution in [2.75, 3.05) is 27.9 Å². The molecule has 1 aliphatic heterocycles. The number of Topliss-reactive ketones (excluding diaryl/α,β-unsaturated/α-hetero) is 2. The Kier molecular flexibility index (Phi) is 6.54. The van der Waals surface area contributed by atoms with Crippen molar-refractivity contribution in [2.45, 2.75) is 6.92 Å². The van der Waals surface area contributed by atoms with Crippen molar-refractivity contribution >= 4 is 17.6 Å². The van der Waals surface area contributed by atoms with Gasteiger partial charge in [0, 0.05) is 17.2 Å². The molecule has 0 saturated carbocycles. The van der Waals surface area contributed by atoms with Crippen molar-refractivity contribution in [3.63, 3.8) is 0 Å². The van der Waals surface area contributed by atoms with E-state index in [1.807, 2.05) is 6.07 Å². The number of allylic oxidation sites excluding steroid dienone is 1. The van der Waals surface area contributed by atoms with Gasteiger partial charge in [0.1, 0.15) is 11.5 Å². The van der Waals surface area contributed by atoms with Gasteiger partial charge in [-0.05, 0) is 36.8 Å². The van der Waals surface area contributed by atoms with Crippen LogP contribution in [0.1, 0.15) is 31.8 Å². The van der Waals surface area contributed by atoms with Gasteiger partial charge < -0.3 is 23.7 Å². The van der Waals surface area contributed by atoms with Crippen molar-refractivity contribution in [2.24, 2.45) is 0 Å². The summed E-state index contributed by atoms with van der Waals surface area (Å²) in [7, 11) is 4.55. The van der Waals surface area contributed by atoms with Gasteiger partial charge in [-0.2, -0.15) is 0 Å². The molecule has 1 heterocycles. The van der Waals surface area contributed by atoms with E-state index >= 15 is 0 Å². The quantitative estimate of drug-likeness (QED) is 0.349. The average molecular weight is 460 g/mol. The van der Waals surface area contributed by atoms with Crippen LogP contribution in [0.3, 0.4) is 0 Å². The highest BCUT2D eigenvalue weighted by Crippen LogP contribution is 2.42. The predicted molar refractivity (Wildman–Crippen MR) is 126 cm³/mol. The molecular weight excluding hydrogens is 436 g/mol. The molecule has 1 aliphatic rings. The van der Waals surface area contributed by atoms with Crippen molar-refractivity contribution in [1.29, 1.82) is 0 Å². The summed E-state index contributed by atoms with van der Waals surface area (Å²) in [5.74, 6) is 1.90. The SMILES string of the molecule is COc1ccc(/C=C2\Oc3cc(OCC(=O)c4ccccc4)cc(C)c3C2=O)c(OC)c1OC. The van der Waals surface area contributed by atoms with E-state index in [4.69, 9.17) is 23.7 Å². The first kappa shape index (κ1) is 22.9. The van der Waals surface area contributed by atoms with E-state index in [0.29, 0.717) is 51.0 Å². The van der Waals surface area contributed by atoms with E-state index in [1.165, 1.54) is 21.3 Å². The molecule has 7 heteroatoms. The summed E-state index contributed by atoms with van der Waals surface area (Å²) in [5, 5.41) is 0. The molecule has 0 unspecified atom stereocenters. The summed E-state index contributed by atoms with van der Waals surface area (Å²) >= 11 is 0. The maximum absolute atomic E-state index is 13.1. The predicted octanol–water partition coefficient (Wildman–Crippen LogP) is 4.90. The highest BCUT2D eigenvalue weighted by atomic mass is 16.5. The molecule has 0 bridgehead atoms. The summed E-state index contributed by atoms with van der Waals surface area (Å²) in [6.45, 7) is 1.67. The van der Waals surface area contributed by atoms with Crippen LogP contribution in [0.25, 0.3) is 6.08 Å². The van der Waals surface area contributed by atoms with Gasteiger partial charge in [0.2, 0.25) is 11.5 Å². The number of hydrogen-bond donors (Lipinski definition) is 0. The average Bonchev–Trinajstić information content (AvgIpc) is 3.17. The molecule has 3 aromatic carbocycles. The number of ether oxygens (including phenoxy) is 5. The van der Waals surface area contributed by atoms with Gasteiger partial charge in [-0.3, -0.25) is 9.59 Å². The Balaban J connectivity index is 1.59. The fourth-order valence-electron chi connectivity index (χ4n) is 3.80. The normalized spacial score (nSPS) is 13.3. The van der Waals surface area contributed by atoms with Crippen LogP contribution in [0.5, 0.6) is 28.7 Å². The van der Waals surface area contributed by atoms with Crippen LogP contribution >= 0.6 is 0 Å². The third-order valence-corrected chi connectivity index (χ3v) is 5.43. The molecule has 0 radical (unpaired) electrons. The Morgan fingerprint density at radius 2 is 1.68 bits per heavy atom. The van der Waals surface area contributed by atoms with Gasteiger partial charge in [-0.15, -0.1) is 0 Å². The van der Waals surface area contributed by atoms with E-state index in [2.05, 4.69) is 0 Å². The van der Waals surface area contributed by atoms with Crippen LogP contribution in [-0.4, -0.2) is 39.5 Å². The third-order valence-electron chi connectivity index (χ3n) is 5.43. The second-order valence-corrected chi connectivity index (χ2v) is 7.55. The zero-order valence-corrected chi connectivity index (χ0v) is 19.3. The Hall–Kier alpha value is -4.26. The minimum absolute atomic E-state index is 0.123. The minimum Gasteiger partial charge on any atom is -0.493 e. The first-order valence-electron chi connectivity index (χ1n) is 10.6. The molecule has 0 fully saturated rings. The molecule has 0 amide bonds. The Bertz CT molecular complexity index is 1280. The topological polar surface area (TPSA) is 80.3 Å². The van der Waals surface area contributed by atoms with Gasteiger partial charge in [-0.25, -0.2) is 0 Å². The number of rotatable bonds is 8. The first-order valence-corrected chi connectivity index (χ1v) is 10.6. The van der Waals surface area contributed by atoms with Gasteiger partial charge in [0.25, 0.3) is 0 Å². The molecular formula is C27H24O7. The second kappa shape index (κ2) is 9.70. The van der Waals surface area contributed by atoms with E-state index in [0.717, 1.165) is 0 Å². The number of aryl methyl sites for hydroxylation is 1. The third kappa shape index (κ3) is 4.32. The number of carbonyl (C=O) groups excluding carboxylic acids is 2. The van der Waals surface area contributed by atoms with Crippen LogP contribution < -0.4 is 23.7 Å². The monoisotopic (exact) mass is 460 g/mol. The van der Waals surface area contributed by atoms with Crippen LogP contribution in [0, 0.1) is 6.92 Å². The largest absolute Gasteiger partial charge is 0.493 e. The van der Waals surface area contributed by atoms with Crippen LogP contribution in [0.15, 0.2) is 60.4 Å². The highest BCUT2D eigenvalue weighted by Gasteiger charge is 2.31. The molecule has 174 valence electrons. The van der Waals surface area contributed by atoms with Crippen LogP contribution in [0.4, 0.5) is 0 Å². The molecule has 0 aliphatic carbocycles. The Morgan fingerprint density at radius 3 is 2.35 bits per heavy atom. The van der Waals surface area contributed by atoms with E-state index in [-0.39, 0.29) is 23.9 Å². The summed E-state index contributed by atoms with van der Waals surface area (Å²) in [6.07, 6.45) is 1.60. The maximum Gasteiger partial charge on any atom is 0.232 e. The smallest absolute Gasteiger partial charge is 0.232 e. The molecule has 0 saturated heterocycles. The van der Waals surface area contributed by atoms with E-state index < -0.39 is 0 Å². The van der Waals surface area contributed by atoms with Gasteiger partial charge in [0.15, 0.2) is 29.6 Å². The van der Waals surface area contributed by atoms with Gasteiger partial charge in [-0.1, -0.05) is 30.3 Å². The molecule has 0 atom stereocenters. The first-order chi connectivity index (χ1) is 16.5. The summed E-state index contributed by atoms with van der Waals surface area (Å²) < 4.78 is 27.8. The molecule has 3 aromatic rings.